The third-order valence-corrected chi connectivity index (χ3v) is 4.31. The van der Waals surface area contributed by atoms with E-state index in [0.29, 0.717) is 6.10 Å². The van der Waals surface area contributed by atoms with Crippen LogP contribution in [0.3, 0.4) is 0 Å². The Morgan fingerprint density at radius 2 is 2.13 bits per heavy atom. The van der Waals surface area contributed by atoms with Gasteiger partial charge in [-0.1, -0.05) is 34.1 Å². The summed E-state index contributed by atoms with van der Waals surface area (Å²) in [6.07, 6.45) is 3.82. The van der Waals surface area contributed by atoms with Gasteiger partial charge in [-0.25, -0.2) is 0 Å². The van der Waals surface area contributed by atoms with Crippen molar-refractivity contribution in [2.45, 2.75) is 37.0 Å². The summed E-state index contributed by atoms with van der Waals surface area (Å²) in [4.78, 5) is 0. The van der Waals surface area contributed by atoms with Crippen molar-refractivity contribution in [1.82, 2.24) is 0 Å². The topological polar surface area (TPSA) is 35.2 Å². The summed E-state index contributed by atoms with van der Waals surface area (Å²) in [5.74, 6) is 0. The van der Waals surface area contributed by atoms with Gasteiger partial charge in [0.15, 0.2) is 0 Å². The molecule has 2 saturated heterocycles. The van der Waals surface area contributed by atoms with Gasteiger partial charge in [0.05, 0.1) is 17.7 Å². The molecule has 0 radical (unpaired) electrons. The van der Waals surface area contributed by atoms with Crippen molar-refractivity contribution in [3.8, 4) is 0 Å². The second kappa shape index (κ2) is 3.30. The van der Waals surface area contributed by atoms with Crippen LogP contribution in [0.4, 0.5) is 0 Å². The zero-order valence-electron chi connectivity index (χ0n) is 8.45. The number of halogens is 1. The second-order valence-electron chi connectivity index (χ2n) is 4.55. The standard InChI is InChI=1S/C12H14BrNO/c13-10-4-2-1-3-9(10)12(14)7-8-5-6-11(12)15-8/h1-4,8,11H,5-7,14H2. The van der Waals surface area contributed by atoms with Gasteiger partial charge in [-0.15, -0.1) is 0 Å². The van der Waals surface area contributed by atoms with E-state index in [1.165, 1.54) is 12.0 Å². The van der Waals surface area contributed by atoms with Crippen molar-refractivity contribution in [3.63, 3.8) is 0 Å². The summed E-state index contributed by atoms with van der Waals surface area (Å²) in [5, 5.41) is 0. The van der Waals surface area contributed by atoms with Crippen LogP contribution < -0.4 is 5.73 Å². The van der Waals surface area contributed by atoms with Gasteiger partial charge in [-0.2, -0.15) is 0 Å². The molecule has 80 valence electrons. The minimum Gasteiger partial charge on any atom is -0.373 e. The van der Waals surface area contributed by atoms with E-state index in [9.17, 15) is 0 Å². The van der Waals surface area contributed by atoms with Crippen LogP contribution in [0.25, 0.3) is 0 Å². The van der Waals surface area contributed by atoms with Gasteiger partial charge in [-0.3, -0.25) is 0 Å². The molecule has 3 atom stereocenters. The Balaban J connectivity index is 2.04. The average Bonchev–Trinajstić information content (AvgIpc) is 2.78. The van der Waals surface area contributed by atoms with E-state index in [2.05, 4.69) is 28.1 Å². The van der Waals surface area contributed by atoms with Crippen LogP contribution in [0.15, 0.2) is 28.7 Å². The zero-order valence-corrected chi connectivity index (χ0v) is 10.0. The van der Waals surface area contributed by atoms with E-state index in [-0.39, 0.29) is 11.6 Å². The van der Waals surface area contributed by atoms with Gasteiger partial charge in [0.25, 0.3) is 0 Å². The van der Waals surface area contributed by atoms with Crippen molar-refractivity contribution in [2.75, 3.05) is 0 Å². The summed E-state index contributed by atoms with van der Waals surface area (Å²) >= 11 is 3.58. The Morgan fingerprint density at radius 3 is 2.73 bits per heavy atom. The number of benzene rings is 1. The average molecular weight is 268 g/mol. The number of fused-ring (bicyclic) bond motifs is 2. The van der Waals surface area contributed by atoms with Gasteiger partial charge < -0.3 is 10.5 Å². The molecule has 0 saturated carbocycles. The highest BCUT2D eigenvalue weighted by Gasteiger charge is 2.51. The number of hydrogen-bond acceptors (Lipinski definition) is 2. The smallest absolute Gasteiger partial charge is 0.0802 e. The molecule has 1 aromatic carbocycles. The highest BCUT2D eigenvalue weighted by atomic mass is 79.9. The normalized spacial score (nSPS) is 38.5. The van der Waals surface area contributed by atoms with Crippen LogP contribution in [0.1, 0.15) is 24.8 Å². The highest BCUT2D eigenvalue weighted by molar-refractivity contribution is 9.10. The molecular formula is C12H14BrNO. The van der Waals surface area contributed by atoms with E-state index in [0.717, 1.165) is 17.3 Å². The number of rotatable bonds is 1. The maximum atomic E-state index is 6.51. The molecule has 0 aromatic heterocycles. The fourth-order valence-corrected chi connectivity index (χ4v) is 3.52. The molecule has 2 fully saturated rings. The zero-order chi connectivity index (χ0) is 10.5. The van der Waals surface area contributed by atoms with Crippen LogP contribution >= 0.6 is 15.9 Å². The van der Waals surface area contributed by atoms with Crippen LogP contribution in [0.5, 0.6) is 0 Å². The third-order valence-electron chi connectivity index (χ3n) is 3.62. The van der Waals surface area contributed by atoms with Crippen LogP contribution in [-0.2, 0) is 10.3 Å². The summed E-state index contributed by atoms with van der Waals surface area (Å²) in [6, 6.07) is 8.22. The molecule has 2 aliphatic heterocycles. The molecule has 0 spiro atoms. The molecule has 0 aliphatic carbocycles. The Morgan fingerprint density at radius 1 is 1.33 bits per heavy atom. The Labute approximate surface area is 97.9 Å². The summed E-state index contributed by atoms with van der Waals surface area (Å²) in [7, 11) is 0. The van der Waals surface area contributed by atoms with Crippen molar-refractivity contribution >= 4 is 15.9 Å². The first-order valence-electron chi connectivity index (χ1n) is 5.39. The molecule has 15 heavy (non-hydrogen) atoms. The Kier molecular flexibility index (Phi) is 2.16. The summed E-state index contributed by atoms with van der Waals surface area (Å²) < 4.78 is 6.95. The molecule has 2 nitrogen and oxygen atoms in total. The molecule has 2 aliphatic rings. The SMILES string of the molecule is NC1(c2ccccc2Br)CC2CCC1O2. The van der Waals surface area contributed by atoms with Crippen LogP contribution in [0.2, 0.25) is 0 Å². The monoisotopic (exact) mass is 267 g/mol. The minimum absolute atomic E-state index is 0.209. The predicted octanol–water partition coefficient (Wildman–Crippen LogP) is 2.55. The lowest BCUT2D eigenvalue weighted by Crippen LogP contribution is -2.45. The molecule has 3 rings (SSSR count). The highest BCUT2D eigenvalue weighted by Crippen LogP contribution is 2.47. The Bertz CT molecular complexity index is 395. The summed E-state index contributed by atoms with van der Waals surface area (Å²) in [5.41, 5.74) is 7.43. The quantitative estimate of drug-likeness (QED) is 0.849. The first kappa shape index (κ1) is 9.82. The second-order valence-corrected chi connectivity index (χ2v) is 5.40. The van der Waals surface area contributed by atoms with Gasteiger partial charge >= 0.3 is 0 Å². The van der Waals surface area contributed by atoms with Crippen molar-refractivity contribution in [3.05, 3.63) is 34.3 Å². The van der Waals surface area contributed by atoms with E-state index in [1.54, 1.807) is 0 Å². The minimum atomic E-state index is -0.275. The van der Waals surface area contributed by atoms with Gasteiger partial charge in [0.2, 0.25) is 0 Å². The maximum absolute atomic E-state index is 6.51. The molecular weight excluding hydrogens is 254 g/mol. The first-order chi connectivity index (χ1) is 7.20. The van der Waals surface area contributed by atoms with E-state index >= 15 is 0 Å². The van der Waals surface area contributed by atoms with Gasteiger partial charge in [0.1, 0.15) is 0 Å². The van der Waals surface area contributed by atoms with E-state index in [1.807, 2.05) is 12.1 Å². The Hall–Kier alpha value is -0.380. The number of nitrogens with two attached hydrogens (primary N) is 1. The predicted molar refractivity (Wildman–Crippen MR) is 62.5 cm³/mol. The van der Waals surface area contributed by atoms with Crippen LogP contribution in [0, 0.1) is 0 Å². The molecule has 3 unspecified atom stereocenters. The van der Waals surface area contributed by atoms with Crippen LogP contribution in [-0.4, -0.2) is 12.2 Å². The van der Waals surface area contributed by atoms with Crippen molar-refractivity contribution in [2.24, 2.45) is 5.73 Å². The lowest BCUT2D eigenvalue weighted by molar-refractivity contribution is 0.0852. The summed E-state index contributed by atoms with van der Waals surface area (Å²) in [6.45, 7) is 0. The van der Waals surface area contributed by atoms with Gasteiger partial charge in [0, 0.05) is 4.47 Å². The third kappa shape index (κ3) is 1.37. The lowest BCUT2D eigenvalue weighted by Gasteiger charge is -2.32. The number of hydrogen-bond donors (Lipinski definition) is 1. The molecule has 2 heterocycles. The fourth-order valence-electron chi connectivity index (χ4n) is 2.87. The molecule has 3 heteroatoms. The van der Waals surface area contributed by atoms with Crippen molar-refractivity contribution < 1.29 is 4.74 Å². The van der Waals surface area contributed by atoms with E-state index < -0.39 is 0 Å². The molecule has 2 N–H and O–H groups in total. The van der Waals surface area contributed by atoms with Gasteiger partial charge in [-0.05, 0) is 30.9 Å². The fraction of sp³-hybridized carbons (Fsp3) is 0.500. The molecule has 0 amide bonds. The molecule has 2 bridgehead atoms. The molecule has 1 aromatic rings. The lowest BCUT2D eigenvalue weighted by atomic mass is 9.77. The first-order valence-corrected chi connectivity index (χ1v) is 6.19. The van der Waals surface area contributed by atoms with E-state index in [4.69, 9.17) is 10.5 Å². The number of ether oxygens (including phenoxy) is 1. The maximum Gasteiger partial charge on any atom is 0.0802 e. The van der Waals surface area contributed by atoms with Crippen molar-refractivity contribution in [1.29, 1.82) is 0 Å². The largest absolute Gasteiger partial charge is 0.373 e.